The normalized spacial score (nSPS) is 16.4. The predicted octanol–water partition coefficient (Wildman–Crippen LogP) is 4.12. The molecule has 0 bridgehead atoms. The molecule has 1 atom stereocenters. The summed E-state index contributed by atoms with van der Waals surface area (Å²) in [5.74, 6) is 0.0305. The first-order valence-electron chi connectivity index (χ1n) is 10.4. The summed E-state index contributed by atoms with van der Waals surface area (Å²) < 4.78 is 1.77. The molecule has 1 unspecified atom stereocenters. The van der Waals surface area contributed by atoms with Crippen LogP contribution in [0.2, 0.25) is 0 Å². The van der Waals surface area contributed by atoms with E-state index in [4.69, 9.17) is 5.10 Å². The van der Waals surface area contributed by atoms with Gasteiger partial charge < -0.3 is 10.2 Å². The summed E-state index contributed by atoms with van der Waals surface area (Å²) in [5.41, 5.74) is 2.22. The van der Waals surface area contributed by atoms with Crippen LogP contribution in [0.3, 0.4) is 0 Å². The number of para-hydroxylation sites is 1. The molecule has 1 aliphatic rings. The Balaban J connectivity index is 1.60. The molecule has 0 saturated carbocycles. The molecule has 1 aliphatic heterocycles. The molecule has 0 radical (unpaired) electrons. The maximum Gasteiger partial charge on any atom is 0.257 e. The van der Waals surface area contributed by atoms with Crippen LogP contribution in [0.5, 0.6) is 0 Å². The van der Waals surface area contributed by atoms with Crippen LogP contribution >= 0.6 is 11.3 Å². The van der Waals surface area contributed by atoms with Gasteiger partial charge in [0, 0.05) is 31.7 Å². The van der Waals surface area contributed by atoms with E-state index in [-0.39, 0.29) is 17.9 Å². The van der Waals surface area contributed by atoms with Crippen molar-refractivity contribution in [2.75, 3.05) is 13.1 Å². The van der Waals surface area contributed by atoms with E-state index in [1.54, 1.807) is 16.0 Å². The third-order valence-corrected chi connectivity index (χ3v) is 6.15. The number of piperidine rings is 1. The molecule has 3 heterocycles. The van der Waals surface area contributed by atoms with Gasteiger partial charge in [0.1, 0.15) is 5.69 Å². The number of carbonyl (C=O) groups excluding carboxylic acids is 2. The van der Waals surface area contributed by atoms with Crippen molar-refractivity contribution in [3.05, 3.63) is 59.6 Å². The minimum Gasteiger partial charge on any atom is -0.352 e. The smallest absolute Gasteiger partial charge is 0.257 e. The molecule has 0 spiro atoms. The Bertz CT molecular complexity index is 998. The number of nitrogens with one attached hydrogen (secondary N) is 1. The van der Waals surface area contributed by atoms with Crippen LogP contribution in [0.4, 0.5) is 0 Å². The van der Waals surface area contributed by atoms with E-state index in [1.165, 1.54) is 0 Å². The zero-order chi connectivity index (χ0) is 20.9. The van der Waals surface area contributed by atoms with Crippen LogP contribution in [0, 0.1) is 0 Å². The molecule has 1 N–H and O–H groups in total. The number of rotatable bonds is 6. The fraction of sp³-hybridized carbons (Fsp3) is 0.348. The number of benzene rings is 1. The first kappa shape index (κ1) is 20.3. The summed E-state index contributed by atoms with van der Waals surface area (Å²) in [6, 6.07) is 13.8. The standard InChI is InChI=1S/C23H26N4O2S/c1-2-8-21(28)24-17-9-6-13-26(15-17)23(29)19-16-27(18-10-4-3-5-11-18)25-22(19)20-12-7-14-30-20/h3-5,7,10-12,14,16-17H,2,6,8-9,13,15H2,1H3,(H,24,28). The van der Waals surface area contributed by atoms with Gasteiger partial charge in [-0.3, -0.25) is 9.59 Å². The topological polar surface area (TPSA) is 67.2 Å². The van der Waals surface area contributed by atoms with Gasteiger partial charge in [-0.05, 0) is 42.8 Å². The number of carbonyl (C=O) groups is 2. The number of hydrogen-bond donors (Lipinski definition) is 1. The minimum absolute atomic E-state index is 0.0103. The van der Waals surface area contributed by atoms with Gasteiger partial charge >= 0.3 is 0 Å². The van der Waals surface area contributed by atoms with Crippen LogP contribution in [0.1, 0.15) is 43.0 Å². The van der Waals surface area contributed by atoms with Crippen molar-refractivity contribution in [1.82, 2.24) is 20.0 Å². The molecular weight excluding hydrogens is 396 g/mol. The fourth-order valence-electron chi connectivity index (χ4n) is 3.82. The molecule has 1 fully saturated rings. The van der Waals surface area contributed by atoms with Crippen LogP contribution < -0.4 is 5.32 Å². The quantitative estimate of drug-likeness (QED) is 0.650. The highest BCUT2D eigenvalue weighted by molar-refractivity contribution is 7.13. The van der Waals surface area contributed by atoms with Crippen molar-refractivity contribution >= 4 is 23.2 Å². The number of thiophene rings is 1. The lowest BCUT2D eigenvalue weighted by Crippen LogP contribution is -2.49. The lowest BCUT2D eigenvalue weighted by Gasteiger charge is -2.33. The average molecular weight is 423 g/mol. The highest BCUT2D eigenvalue weighted by Gasteiger charge is 2.29. The Morgan fingerprint density at radius 3 is 2.77 bits per heavy atom. The predicted molar refractivity (Wildman–Crippen MR) is 119 cm³/mol. The SMILES string of the molecule is CCCC(=O)NC1CCCN(C(=O)c2cn(-c3ccccc3)nc2-c2cccs2)C1. The Morgan fingerprint density at radius 1 is 1.20 bits per heavy atom. The van der Waals surface area contributed by atoms with E-state index in [1.807, 2.05) is 65.9 Å². The maximum atomic E-state index is 13.5. The fourth-order valence-corrected chi connectivity index (χ4v) is 4.54. The second-order valence-electron chi connectivity index (χ2n) is 7.56. The first-order chi connectivity index (χ1) is 14.7. The molecule has 6 nitrogen and oxygen atoms in total. The van der Waals surface area contributed by atoms with Gasteiger partial charge in [0.2, 0.25) is 5.91 Å². The van der Waals surface area contributed by atoms with Crippen molar-refractivity contribution < 1.29 is 9.59 Å². The monoisotopic (exact) mass is 422 g/mol. The zero-order valence-corrected chi connectivity index (χ0v) is 17.9. The van der Waals surface area contributed by atoms with Gasteiger partial charge in [-0.15, -0.1) is 11.3 Å². The summed E-state index contributed by atoms with van der Waals surface area (Å²) in [7, 11) is 0. The maximum absolute atomic E-state index is 13.5. The Morgan fingerprint density at radius 2 is 2.03 bits per heavy atom. The number of aromatic nitrogens is 2. The van der Waals surface area contributed by atoms with Crippen LogP contribution in [0.15, 0.2) is 54.0 Å². The van der Waals surface area contributed by atoms with Crippen molar-refractivity contribution in [2.24, 2.45) is 0 Å². The highest BCUT2D eigenvalue weighted by atomic mass is 32.1. The second-order valence-corrected chi connectivity index (χ2v) is 8.50. The molecular formula is C23H26N4O2S. The molecule has 2 aromatic heterocycles. The third-order valence-electron chi connectivity index (χ3n) is 5.27. The lowest BCUT2D eigenvalue weighted by molar-refractivity contribution is -0.122. The van der Waals surface area contributed by atoms with E-state index in [0.29, 0.717) is 30.8 Å². The third kappa shape index (κ3) is 4.46. The molecule has 2 amide bonds. The number of amides is 2. The molecule has 1 aromatic carbocycles. The van der Waals surface area contributed by atoms with Crippen LogP contribution in [-0.2, 0) is 4.79 Å². The summed E-state index contributed by atoms with van der Waals surface area (Å²) >= 11 is 1.57. The molecule has 3 aromatic rings. The van der Waals surface area contributed by atoms with Gasteiger partial charge in [0.15, 0.2) is 0 Å². The van der Waals surface area contributed by atoms with E-state index in [0.717, 1.165) is 29.8 Å². The Hall–Kier alpha value is -2.93. The van der Waals surface area contributed by atoms with Crippen molar-refractivity contribution in [2.45, 2.75) is 38.6 Å². The molecule has 156 valence electrons. The molecule has 1 saturated heterocycles. The van der Waals surface area contributed by atoms with Crippen molar-refractivity contribution in [1.29, 1.82) is 0 Å². The molecule has 4 rings (SSSR count). The lowest BCUT2D eigenvalue weighted by atomic mass is 10.0. The average Bonchev–Trinajstić information content (AvgIpc) is 3.44. The summed E-state index contributed by atoms with van der Waals surface area (Å²) in [5, 5.41) is 9.81. The van der Waals surface area contributed by atoms with E-state index >= 15 is 0 Å². The first-order valence-corrected chi connectivity index (χ1v) is 11.3. The van der Waals surface area contributed by atoms with E-state index < -0.39 is 0 Å². The molecule has 7 heteroatoms. The molecule has 0 aliphatic carbocycles. The Kier molecular flexibility index (Phi) is 6.28. The van der Waals surface area contributed by atoms with E-state index in [2.05, 4.69) is 5.32 Å². The second kappa shape index (κ2) is 9.26. The van der Waals surface area contributed by atoms with Gasteiger partial charge in [-0.25, -0.2) is 4.68 Å². The minimum atomic E-state index is -0.0324. The van der Waals surface area contributed by atoms with Gasteiger partial charge in [0.05, 0.1) is 16.1 Å². The van der Waals surface area contributed by atoms with E-state index in [9.17, 15) is 9.59 Å². The van der Waals surface area contributed by atoms with Gasteiger partial charge in [-0.1, -0.05) is 31.2 Å². The van der Waals surface area contributed by atoms with Crippen molar-refractivity contribution in [3.8, 4) is 16.3 Å². The number of hydrogen-bond acceptors (Lipinski definition) is 4. The van der Waals surface area contributed by atoms with Crippen LogP contribution in [0.25, 0.3) is 16.3 Å². The van der Waals surface area contributed by atoms with Crippen LogP contribution in [-0.4, -0.2) is 45.6 Å². The summed E-state index contributed by atoms with van der Waals surface area (Å²) in [6.07, 6.45) is 4.96. The molecule has 30 heavy (non-hydrogen) atoms. The highest BCUT2D eigenvalue weighted by Crippen LogP contribution is 2.29. The van der Waals surface area contributed by atoms with Gasteiger partial charge in [0.25, 0.3) is 5.91 Å². The largest absolute Gasteiger partial charge is 0.352 e. The summed E-state index contributed by atoms with van der Waals surface area (Å²) in [4.78, 5) is 28.3. The number of likely N-dealkylation sites (tertiary alicyclic amines) is 1. The Labute approximate surface area is 180 Å². The number of nitrogens with zero attached hydrogens (tertiary/aromatic N) is 3. The van der Waals surface area contributed by atoms with Crippen molar-refractivity contribution in [3.63, 3.8) is 0 Å². The van der Waals surface area contributed by atoms with Gasteiger partial charge in [-0.2, -0.15) is 5.10 Å². The summed E-state index contributed by atoms with van der Waals surface area (Å²) in [6.45, 7) is 3.22. The zero-order valence-electron chi connectivity index (χ0n) is 17.1.